The van der Waals surface area contributed by atoms with E-state index < -0.39 is 6.10 Å². The van der Waals surface area contributed by atoms with Gasteiger partial charge in [-0.1, -0.05) is 17.7 Å². The molecule has 1 aromatic heterocycles. The average molecular weight is 411 g/mol. The maximum atomic E-state index is 12.7. The van der Waals surface area contributed by atoms with Crippen LogP contribution in [0.5, 0.6) is 17.2 Å². The number of fused-ring (bicyclic) bond motifs is 1. The van der Waals surface area contributed by atoms with E-state index in [9.17, 15) is 4.79 Å². The van der Waals surface area contributed by atoms with Crippen molar-refractivity contribution in [3.63, 3.8) is 0 Å². The maximum absolute atomic E-state index is 12.7. The summed E-state index contributed by atoms with van der Waals surface area (Å²) in [4.78, 5) is 16.7. The molecule has 1 N–H and O–H groups in total. The fourth-order valence-electron chi connectivity index (χ4n) is 3.10. The minimum atomic E-state index is -0.606. The number of nitrogens with zero attached hydrogens (tertiary/aromatic N) is 1. The second-order valence-electron chi connectivity index (χ2n) is 6.57. The molecule has 0 saturated carbocycles. The van der Waals surface area contributed by atoms with Gasteiger partial charge >= 0.3 is 0 Å². The van der Waals surface area contributed by atoms with Crippen LogP contribution in [0.25, 0.3) is 0 Å². The average Bonchev–Trinajstić information content (AvgIpc) is 3.16. The Hall–Kier alpha value is -3.25. The van der Waals surface area contributed by atoms with E-state index in [1.54, 1.807) is 49.8 Å². The summed E-state index contributed by atoms with van der Waals surface area (Å²) in [6, 6.07) is 14.4. The number of carbonyl (C=O) groups excluding carboxylic acids is 1. The van der Waals surface area contributed by atoms with Crippen molar-refractivity contribution in [2.45, 2.75) is 19.1 Å². The predicted octanol–water partition coefficient (Wildman–Crippen LogP) is 4.26. The zero-order valence-electron chi connectivity index (χ0n) is 15.7. The monoisotopic (exact) mass is 410 g/mol. The Morgan fingerprint density at radius 2 is 2.14 bits per heavy atom. The molecule has 7 heteroatoms. The van der Waals surface area contributed by atoms with E-state index in [1.807, 2.05) is 18.2 Å². The zero-order chi connectivity index (χ0) is 20.2. The van der Waals surface area contributed by atoms with Crippen molar-refractivity contribution in [2.75, 3.05) is 12.4 Å². The van der Waals surface area contributed by atoms with Crippen LogP contribution in [0.1, 0.15) is 11.1 Å². The molecule has 0 saturated heterocycles. The topological polar surface area (TPSA) is 69.7 Å². The lowest BCUT2D eigenvalue weighted by Gasteiger charge is -2.15. The molecule has 1 aliphatic rings. The lowest BCUT2D eigenvalue weighted by molar-refractivity contribution is -0.122. The number of methoxy groups -OCH3 is 1. The summed E-state index contributed by atoms with van der Waals surface area (Å²) in [6.07, 6.45) is 3.31. The van der Waals surface area contributed by atoms with Crippen LogP contribution in [0.2, 0.25) is 5.02 Å². The molecule has 4 rings (SSSR count). The first-order valence-corrected chi connectivity index (χ1v) is 9.46. The first-order chi connectivity index (χ1) is 14.1. The fraction of sp³-hybridized carbons (Fsp3) is 0.182. The highest BCUT2D eigenvalue weighted by Gasteiger charge is 2.29. The molecule has 0 fully saturated rings. The molecule has 2 aromatic carbocycles. The lowest BCUT2D eigenvalue weighted by atomic mass is 10.1. The van der Waals surface area contributed by atoms with E-state index in [0.717, 1.165) is 11.1 Å². The Kier molecular flexibility index (Phi) is 5.53. The summed E-state index contributed by atoms with van der Waals surface area (Å²) in [7, 11) is 1.57. The summed E-state index contributed by atoms with van der Waals surface area (Å²) in [6.45, 7) is 0.337. The van der Waals surface area contributed by atoms with Crippen LogP contribution in [0, 0.1) is 0 Å². The zero-order valence-corrected chi connectivity index (χ0v) is 16.5. The third kappa shape index (κ3) is 4.43. The van der Waals surface area contributed by atoms with E-state index in [0.29, 0.717) is 41.0 Å². The molecule has 0 radical (unpaired) electrons. The number of ether oxygens (including phenoxy) is 3. The van der Waals surface area contributed by atoms with Gasteiger partial charge in [-0.25, -0.2) is 0 Å². The molecule has 29 heavy (non-hydrogen) atoms. The SMILES string of the molecule is COc1ccc(NC(=O)C2Cc3cc(Cl)ccc3O2)cc1OCc1cccnc1. The standard InChI is InChI=1S/C22H19ClN2O4/c1-27-19-7-5-17(11-20(19)28-13-14-3-2-8-24-12-14)25-22(26)21-10-15-9-16(23)4-6-18(15)29-21/h2-9,11-12,21H,10,13H2,1H3,(H,25,26). The van der Waals surface area contributed by atoms with Crippen LogP contribution >= 0.6 is 11.6 Å². The number of carbonyl (C=O) groups is 1. The summed E-state index contributed by atoms with van der Waals surface area (Å²) in [5.74, 6) is 1.55. The summed E-state index contributed by atoms with van der Waals surface area (Å²) in [5, 5.41) is 3.50. The molecule has 1 unspecified atom stereocenters. The normalized spacial score (nSPS) is 14.6. The molecule has 1 atom stereocenters. The van der Waals surface area contributed by atoms with E-state index in [4.69, 9.17) is 25.8 Å². The predicted molar refractivity (Wildman–Crippen MR) is 110 cm³/mol. The van der Waals surface area contributed by atoms with Crippen LogP contribution in [0.3, 0.4) is 0 Å². The van der Waals surface area contributed by atoms with Crippen molar-refractivity contribution >= 4 is 23.2 Å². The third-order valence-electron chi connectivity index (χ3n) is 4.54. The van der Waals surface area contributed by atoms with Gasteiger partial charge in [0, 0.05) is 41.2 Å². The van der Waals surface area contributed by atoms with Crippen LogP contribution < -0.4 is 19.5 Å². The van der Waals surface area contributed by atoms with Crippen LogP contribution in [-0.4, -0.2) is 24.1 Å². The van der Waals surface area contributed by atoms with Gasteiger partial charge in [-0.05, 0) is 42.0 Å². The second kappa shape index (κ2) is 8.41. The van der Waals surface area contributed by atoms with E-state index >= 15 is 0 Å². The number of nitrogens with one attached hydrogen (secondary N) is 1. The number of aromatic nitrogens is 1. The Morgan fingerprint density at radius 1 is 1.24 bits per heavy atom. The highest BCUT2D eigenvalue weighted by Crippen LogP contribution is 2.33. The molecule has 148 valence electrons. The van der Waals surface area contributed by atoms with Gasteiger partial charge in [-0.15, -0.1) is 0 Å². The van der Waals surface area contributed by atoms with Crippen LogP contribution in [-0.2, 0) is 17.8 Å². The molecule has 2 heterocycles. The van der Waals surface area contributed by atoms with Crippen molar-refractivity contribution < 1.29 is 19.0 Å². The largest absolute Gasteiger partial charge is 0.493 e. The Morgan fingerprint density at radius 3 is 2.93 bits per heavy atom. The van der Waals surface area contributed by atoms with Crippen LogP contribution in [0.15, 0.2) is 60.9 Å². The number of anilines is 1. The van der Waals surface area contributed by atoms with Crippen molar-refractivity contribution in [2.24, 2.45) is 0 Å². The van der Waals surface area contributed by atoms with Gasteiger partial charge in [-0.2, -0.15) is 0 Å². The number of hydrogen-bond acceptors (Lipinski definition) is 5. The van der Waals surface area contributed by atoms with Gasteiger partial charge in [0.2, 0.25) is 0 Å². The highest BCUT2D eigenvalue weighted by atomic mass is 35.5. The molecule has 3 aromatic rings. The van der Waals surface area contributed by atoms with E-state index in [-0.39, 0.29) is 5.91 Å². The van der Waals surface area contributed by atoms with Crippen molar-refractivity contribution in [1.29, 1.82) is 0 Å². The van der Waals surface area contributed by atoms with Gasteiger partial charge in [0.05, 0.1) is 7.11 Å². The van der Waals surface area contributed by atoms with E-state index in [1.165, 1.54) is 0 Å². The van der Waals surface area contributed by atoms with E-state index in [2.05, 4.69) is 10.3 Å². The van der Waals surface area contributed by atoms with Crippen molar-refractivity contribution in [1.82, 2.24) is 4.98 Å². The molecule has 0 aliphatic carbocycles. The lowest BCUT2D eigenvalue weighted by Crippen LogP contribution is -2.31. The molecular formula is C22H19ClN2O4. The number of hydrogen-bond donors (Lipinski definition) is 1. The van der Waals surface area contributed by atoms with Gasteiger partial charge in [-0.3, -0.25) is 9.78 Å². The number of amides is 1. The van der Waals surface area contributed by atoms with Gasteiger partial charge in [0.15, 0.2) is 17.6 Å². The number of halogens is 1. The highest BCUT2D eigenvalue weighted by molar-refractivity contribution is 6.30. The molecular weight excluding hydrogens is 392 g/mol. The summed E-state index contributed by atoms with van der Waals surface area (Å²) < 4.78 is 17.0. The maximum Gasteiger partial charge on any atom is 0.265 e. The minimum absolute atomic E-state index is 0.235. The fourth-order valence-corrected chi connectivity index (χ4v) is 3.29. The van der Waals surface area contributed by atoms with Crippen molar-refractivity contribution in [3.8, 4) is 17.2 Å². The second-order valence-corrected chi connectivity index (χ2v) is 7.00. The van der Waals surface area contributed by atoms with Gasteiger partial charge < -0.3 is 19.5 Å². The molecule has 6 nitrogen and oxygen atoms in total. The molecule has 0 bridgehead atoms. The summed E-state index contributed by atoms with van der Waals surface area (Å²) >= 11 is 6.01. The number of pyridine rings is 1. The smallest absolute Gasteiger partial charge is 0.265 e. The van der Waals surface area contributed by atoms with Gasteiger partial charge in [0.25, 0.3) is 5.91 Å². The summed E-state index contributed by atoms with van der Waals surface area (Å²) in [5.41, 5.74) is 2.45. The number of rotatable bonds is 6. The first kappa shape index (κ1) is 19.1. The quantitative estimate of drug-likeness (QED) is 0.657. The minimum Gasteiger partial charge on any atom is -0.493 e. The third-order valence-corrected chi connectivity index (χ3v) is 4.77. The van der Waals surface area contributed by atoms with Gasteiger partial charge in [0.1, 0.15) is 12.4 Å². The molecule has 1 aliphatic heterocycles. The Bertz CT molecular complexity index is 1030. The Labute approximate surface area is 173 Å². The molecule has 1 amide bonds. The Balaban J connectivity index is 1.44. The first-order valence-electron chi connectivity index (χ1n) is 9.08. The number of benzene rings is 2. The van der Waals surface area contributed by atoms with Crippen molar-refractivity contribution in [3.05, 3.63) is 77.1 Å². The van der Waals surface area contributed by atoms with Crippen LogP contribution in [0.4, 0.5) is 5.69 Å². The molecule has 0 spiro atoms.